The first-order valence-electron chi connectivity index (χ1n) is 6.34. The van der Waals surface area contributed by atoms with Gasteiger partial charge in [0.05, 0.1) is 6.61 Å². The minimum absolute atomic E-state index is 0.563. The average molecular weight is 217 g/mol. The zero-order valence-electron chi connectivity index (χ0n) is 9.91. The van der Waals surface area contributed by atoms with Gasteiger partial charge in [0, 0.05) is 12.5 Å². The summed E-state index contributed by atoms with van der Waals surface area (Å²) in [5.74, 6) is 1.09. The summed E-state index contributed by atoms with van der Waals surface area (Å²) in [5.41, 5.74) is 2.84. The van der Waals surface area contributed by atoms with Crippen LogP contribution >= 0.6 is 0 Å². The molecule has 16 heavy (non-hydrogen) atoms. The van der Waals surface area contributed by atoms with Crippen molar-refractivity contribution in [3.8, 4) is 5.75 Å². The smallest absolute Gasteiger partial charge is 0.122 e. The van der Waals surface area contributed by atoms with Gasteiger partial charge < -0.3 is 4.74 Å². The van der Waals surface area contributed by atoms with Gasteiger partial charge in [-0.1, -0.05) is 12.1 Å². The molecule has 3 rings (SSSR count). The molecule has 1 aromatic carbocycles. The van der Waals surface area contributed by atoms with Gasteiger partial charge in [0.2, 0.25) is 0 Å². The molecule has 0 bridgehead atoms. The number of benzene rings is 1. The molecule has 0 radical (unpaired) electrons. The summed E-state index contributed by atoms with van der Waals surface area (Å²) in [6, 6.07) is 7.27. The Kier molecular flexibility index (Phi) is 2.60. The van der Waals surface area contributed by atoms with Gasteiger partial charge in [-0.25, -0.2) is 0 Å². The standard InChI is InChI=1S/C14H19NO/c1-11(15-7-2-3-8-15)12-4-5-14-13(10-12)6-9-16-14/h4-5,10-11H,2-3,6-9H2,1H3. The quantitative estimate of drug-likeness (QED) is 0.755. The first-order chi connectivity index (χ1) is 7.84. The largest absolute Gasteiger partial charge is 0.493 e. The highest BCUT2D eigenvalue weighted by Gasteiger charge is 2.21. The van der Waals surface area contributed by atoms with Crippen LogP contribution < -0.4 is 4.74 Å². The van der Waals surface area contributed by atoms with E-state index < -0.39 is 0 Å². The van der Waals surface area contributed by atoms with E-state index in [-0.39, 0.29) is 0 Å². The van der Waals surface area contributed by atoms with Crippen LogP contribution in [0.25, 0.3) is 0 Å². The molecule has 0 spiro atoms. The maximum Gasteiger partial charge on any atom is 0.122 e. The van der Waals surface area contributed by atoms with Gasteiger partial charge in [0.15, 0.2) is 0 Å². The van der Waals surface area contributed by atoms with Gasteiger partial charge in [-0.05, 0) is 50.0 Å². The van der Waals surface area contributed by atoms with Crippen molar-refractivity contribution in [3.05, 3.63) is 29.3 Å². The normalized spacial score (nSPS) is 21.8. The van der Waals surface area contributed by atoms with Crippen molar-refractivity contribution in [1.29, 1.82) is 0 Å². The van der Waals surface area contributed by atoms with Crippen LogP contribution in [0.15, 0.2) is 18.2 Å². The highest BCUT2D eigenvalue weighted by atomic mass is 16.5. The lowest BCUT2D eigenvalue weighted by Gasteiger charge is -2.24. The van der Waals surface area contributed by atoms with Crippen molar-refractivity contribution in [2.45, 2.75) is 32.2 Å². The third-order valence-electron chi connectivity index (χ3n) is 3.88. The maximum atomic E-state index is 5.55. The predicted molar refractivity (Wildman–Crippen MR) is 64.9 cm³/mol. The fourth-order valence-corrected chi connectivity index (χ4v) is 2.81. The van der Waals surface area contributed by atoms with E-state index >= 15 is 0 Å². The van der Waals surface area contributed by atoms with E-state index in [9.17, 15) is 0 Å². The molecule has 1 unspecified atom stereocenters. The third-order valence-corrected chi connectivity index (χ3v) is 3.88. The zero-order chi connectivity index (χ0) is 11.0. The minimum Gasteiger partial charge on any atom is -0.493 e. The molecule has 1 atom stereocenters. The molecule has 2 aliphatic rings. The van der Waals surface area contributed by atoms with Gasteiger partial charge >= 0.3 is 0 Å². The Morgan fingerprint density at radius 3 is 2.88 bits per heavy atom. The van der Waals surface area contributed by atoms with E-state index in [4.69, 9.17) is 4.74 Å². The summed E-state index contributed by atoms with van der Waals surface area (Å²) in [4.78, 5) is 2.58. The van der Waals surface area contributed by atoms with Gasteiger partial charge in [-0.15, -0.1) is 0 Å². The molecule has 2 aliphatic heterocycles. The molecule has 2 nitrogen and oxygen atoms in total. The van der Waals surface area contributed by atoms with Crippen LogP contribution in [0, 0.1) is 0 Å². The monoisotopic (exact) mass is 217 g/mol. The second-order valence-electron chi connectivity index (χ2n) is 4.88. The van der Waals surface area contributed by atoms with Crippen LogP contribution in [0.3, 0.4) is 0 Å². The fourth-order valence-electron chi connectivity index (χ4n) is 2.81. The molecule has 0 aromatic heterocycles. The summed E-state index contributed by atoms with van der Waals surface area (Å²) >= 11 is 0. The summed E-state index contributed by atoms with van der Waals surface area (Å²) in [7, 11) is 0. The van der Waals surface area contributed by atoms with Crippen LogP contribution in [-0.2, 0) is 6.42 Å². The lowest BCUT2D eigenvalue weighted by molar-refractivity contribution is 0.263. The van der Waals surface area contributed by atoms with Gasteiger partial charge in [0.25, 0.3) is 0 Å². The molecular weight excluding hydrogens is 198 g/mol. The number of fused-ring (bicyclic) bond motifs is 1. The number of hydrogen-bond acceptors (Lipinski definition) is 2. The van der Waals surface area contributed by atoms with Gasteiger partial charge in [-0.2, -0.15) is 0 Å². The highest BCUT2D eigenvalue weighted by Crippen LogP contribution is 2.31. The number of hydrogen-bond donors (Lipinski definition) is 0. The Hall–Kier alpha value is -1.02. The molecular formula is C14H19NO. The van der Waals surface area contributed by atoms with Crippen molar-refractivity contribution in [2.24, 2.45) is 0 Å². The summed E-state index contributed by atoms with van der Waals surface area (Å²) < 4.78 is 5.55. The maximum absolute atomic E-state index is 5.55. The van der Waals surface area contributed by atoms with E-state index in [0.29, 0.717) is 6.04 Å². The number of ether oxygens (including phenoxy) is 1. The average Bonchev–Trinajstić information content (AvgIpc) is 2.98. The lowest BCUT2D eigenvalue weighted by Crippen LogP contribution is -2.23. The molecule has 2 heterocycles. The Bertz CT molecular complexity index is 382. The molecule has 0 amide bonds. The van der Waals surface area contributed by atoms with E-state index in [2.05, 4.69) is 30.0 Å². The van der Waals surface area contributed by atoms with Crippen molar-refractivity contribution in [2.75, 3.05) is 19.7 Å². The van der Waals surface area contributed by atoms with Crippen molar-refractivity contribution in [3.63, 3.8) is 0 Å². The number of likely N-dealkylation sites (tertiary alicyclic amines) is 1. The topological polar surface area (TPSA) is 12.5 Å². The molecule has 0 N–H and O–H groups in total. The van der Waals surface area contributed by atoms with E-state index in [1.807, 2.05) is 0 Å². The SMILES string of the molecule is CC(c1ccc2c(c1)CCO2)N1CCCC1. The minimum atomic E-state index is 0.563. The van der Waals surface area contributed by atoms with E-state index in [0.717, 1.165) is 18.8 Å². The highest BCUT2D eigenvalue weighted by molar-refractivity contribution is 5.40. The fraction of sp³-hybridized carbons (Fsp3) is 0.571. The Labute approximate surface area is 97.2 Å². The van der Waals surface area contributed by atoms with Crippen LogP contribution in [-0.4, -0.2) is 24.6 Å². The summed E-state index contributed by atoms with van der Waals surface area (Å²) in [6.45, 7) is 5.70. The molecule has 1 aromatic rings. The first kappa shape index (κ1) is 10.2. The van der Waals surface area contributed by atoms with E-state index in [1.165, 1.54) is 37.1 Å². The predicted octanol–water partition coefficient (Wildman–Crippen LogP) is 2.78. The van der Waals surface area contributed by atoms with Crippen molar-refractivity contribution >= 4 is 0 Å². The first-order valence-corrected chi connectivity index (χ1v) is 6.34. The Morgan fingerprint density at radius 2 is 2.06 bits per heavy atom. The second kappa shape index (κ2) is 4.10. The van der Waals surface area contributed by atoms with Crippen LogP contribution in [0.2, 0.25) is 0 Å². The number of rotatable bonds is 2. The Morgan fingerprint density at radius 1 is 1.25 bits per heavy atom. The van der Waals surface area contributed by atoms with Gasteiger partial charge in [0.1, 0.15) is 5.75 Å². The third kappa shape index (κ3) is 1.71. The van der Waals surface area contributed by atoms with Crippen molar-refractivity contribution in [1.82, 2.24) is 4.90 Å². The Balaban J connectivity index is 1.83. The zero-order valence-corrected chi connectivity index (χ0v) is 9.91. The molecule has 0 saturated carbocycles. The molecule has 86 valence electrons. The molecule has 1 fully saturated rings. The van der Waals surface area contributed by atoms with Gasteiger partial charge in [-0.3, -0.25) is 4.90 Å². The second-order valence-corrected chi connectivity index (χ2v) is 4.88. The molecule has 2 heteroatoms. The van der Waals surface area contributed by atoms with E-state index in [1.54, 1.807) is 0 Å². The number of nitrogens with zero attached hydrogens (tertiary/aromatic N) is 1. The van der Waals surface area contributed by atoms with Crippen LogP contribution in [0.1, 0.15) is 36.9 Å². The summed E-state index contributed by atoms with van der Waals surface area (Å²) in [5, 5.41) is 0. The lowest BCUT2D eigenvalue weighted by atomic mass is 10.0. The van der Waals surface area contributed by atoms with Crippen LogP contribution in [0.5, 0.6) is 5.75 Å². The summed E-state index contributed by atoms with van der Waals surface area (Å²) in [6.07, 6.45) is 3.80. The van der Waals surface area contributed by atoms with Crippen LogP contribution in [0.4, 0.5) is 0 Å². The molecule has 0 aliphatic carbocycles. The van der Waals surface area contributed by atoms with Crippen molar-refractivity contribution < 1.29 is 4.74 Å². The molecule has 1 saturated heterocycles.